The summed E-state index contributed by atoms with van der Waals surface area (Å²) in [7, 11) is 0. The van der Waals surface area contributed by atoms with Crippen LogP contribution in [0.2, 0.25) is 5.02 Å². The van der Waals surface area contributed by atoms with Gasteiger partial charge in [-0.05, 0) is 42.0 Å². The summed E-state index contributed by atoms with van der Waals surface area (Å²) in [5, 5.41) is 0.526. The average Bonchev–Trinajstić information content (AvgIpc) is 3.14. The topological polar surface area (TPSA) is 38.1 Å². The second kappa shape index (κ2) is 9.17. The van der Waals surface area contributed by atoms with Crippen LogP contribution in [-0.2, 0) is 19.3 Å². The maximum absolute atomic E-state index is 13.0. The molecule has 1 amide bonds. The first-order valence-corrected chi connectivity index (χ1v) is 9.47. The van der Waals surface area contributed by atoms with Gasteiger partial charge in [-0.1, -0.05) is 29.8 Å². The Balaban J connectivity index is 1.80. The van der Waals surface area contributed by atoms with Crippen molar-refractivity contribution in [2.24, 2.45) is 0 Å². The maximum atomic E-state index is 13.0. The van der Waals surface area contributed by atoms with E-state index in [1.165, 1.54) is 6.07 Å². The summed E-state index contributed by atoms with van der Waals surface area (Å²) in [5.74, 6) is 0.330. The minimum Gasteiger partial charge on any atom is -0.329 e. The second-order valence-corrected chi connectivity index (χ2v) is 7.09. The highest BCUT2D eigenvalue weighted by atomic mass is 35.5. The molecule has 0 aliphatic rings. The minimum atomic E-state index is -4.40. The molecule has 1 heterocycles. The highest BCUT2D eigenvalue weighted by Crippen LogP contribution is 2.29. The first kappa shape index (κ1) is 21.6. The van der Waals surface area contributed by atoms with Crippen molar-refractivity contribution in [3.05, 3.63) is 101 Å². The van der Waals surface area contributed by atoms with Gasteiger partial charge in [-0.25, -0.2) is 4.98 Å². The molecular weight excluding hydrogens is 415 g/mol. The van der Waals surface area contributed by atoms with E-state index >= 15 is 0 Å². The minimum absolute atomic E-state index is 0.180. The van der Waals surface area contributed by atoms with E-state index in [4.69, 9.17) is 11.6 Å². The number of carbonyl (C=O) groups is 1. The normalized spacial score (nSPS) is 11.3. The summed E-state index contributed by atoms with van der Waals surface area (Å²) < 4.78 is 40.7. The molecule has 0 atom stereocenters. The van der Waals surface area contributed by atoms with E-state index in [0.717, 1.165) is 12.1 Å². The van der Waals surface area contributed by atoms with Gasteiger partial charge in [0.1, 0.15) is 5.82 Å². The lowest BCUT2D eigenvalue weighted by atomic mass is 10.1. The van der Waals surface area contributed by atoms with Gasteiger partial charge in [-0.15, -0.1) is 6.58 Å². The number of rotatable bonds is 7. The molecule has 0 spiro atoms. The summed E-state index contributed by atoms with van der Waals surface area (Å²) in [6.07, 6.45) is 0.434. The zero-order valence-electron chi connectivity index (χ0n) is 15.9. The fourth-order valence-electron chi connectivity index (χ4n) is 3.00. The predicted molar refractivity (Wildman–Crippen MR) is 109 cm³/mol. The van der Waals surface area contributed by atoms with Crippen LogP contribution in [0.4, 0.5) is 13.2 Å². The van der Waals surface area contributed by atoms with E-state index in [-0.39, 0.29) is 25.5 Å². The molecular formula is C22H19ClF3N3O. The van der Waals surface area contributed by atoms with Crippen molar-refractivity contribution in [3.63, 3.8) is 0 Å². The lowest BCUT2D eigenvalue weighted by Crippen LogP contribution is -2.32. The molecule has 2 aromatic carbocycles. The third kappa shape index (κ3) is 5.30. The summed E-state index contributed by atoms with van der Waals surface area (Å²) in [6.45, 7) is 4.37. The number of hydrogen-bond donors (Lipinski definition) is 0. The summed E-state index contributed by atoms with van der Waals surface area (Å²) in [6, 6.07) is 11.7. The van der Waals surface area contributed by atoms with Crippen LogP contribution in [0.5, 0.6) is 0 Å². The molecule has 0 fully saturated rings. The van der Waals surface area contributed by atoms with Crippen LogP contribution in [0.1, 0.15) is 27.3 Å². The van der Waals surface area contributed by atoms with Crippen LogP contribution < -0.4 is 0 Å². The van der Waals surface area contributed by atoms with Gasteiger partial charge in [-0.3, -0.25) is 4.79 Å². The Kier molecular flexibility index (Phi) is 6.62. The summed E-state index contributed by atoms with van der Waals surface area (Å²) in [4.78, 5) is 18.7. The molecule has 0 radical (unpaired) electrons. The van der Waals surface area contributed by atoms with Crippen molar-refractivity contribution in [1.82, 2.24) is 14.5 Å². The smallest absolute Gasteiger partial charge is 0.329 e. The van der Waals surface area contributed by atoms with Gasteiger partial charge < -0.3 is 9.47 Å². The number of halogens is 4. The molecule has 8 heteroatoms. The number of benzene rings is 2. The Morgan fingerprint density at radius 2 is 1.93 bits per heavy atom. The van der Waals surface area contributed by atoms with Crippen molar-refractivity contribution in [2.75, 3.05) is 6.54 Å². The molecule has 3 aromatic rings. The summed E-state index contributed by atoms with van der Waals surface area (Å²) in [5.41, 5.74) is 0.258. The molecule has 0 saturated carbocycles. The third-order valence-corrected chi connectivity index (χ3v) is 4.72. The maximum Gasteiger partial charge on any atom is 0.416 e. The zero-order valence-corrected chi connectivity index (χ0v) is 16.7. The first-order valence-electron chi connectivity index (χ1n) is 9.10. The van der Waals surface area contributed by atoms with Crippen LogP contribution in [0.3, 0.4) is 0 Å². The van der Waals surface area contributed by atoms with Crippen LogP contribution in [0, 0.1) is 0 Å². The van der Waals surface area contributed by atoms with Crippen molar-refractivity contribution < 1.29 is 18.0 Å². The lowest BCUT2D eigenvalue weighted by Gasteiger charge is -2.21. The van der Waals surface area contributed by atoms with Crippen LogP contribution >= 0.6 is 11.6 Å². The number of aromatic nitrogens is 2. The van der Waals surface area contributed by atoms with E-state index in [2.05, 4.69) is 11.6 Å². The monoisotopic (exact) mass is 433 g/mol. The lowest BCUT2D eigenvalue weighted by molar-refractivity contribution is -0.137. The van der Waals surface area contributed by atoms with Gasteiger partial charge >= 0.3 is 6.18 Å². The summed E-state index contributed by atoms with van der Waals surface area (Å²) >= 11 is 5.88. The van der Waals surface area contributed by atoms with Crippen molar-refractivity contribution >= 4 is 17.5 Å². The van der Waals surface area contributed by atoms with Gasteiger partial charge in [0.15, 0.2) is 0 Å². The molecule has 0 aliphatic heterocycles. The highest BCUT2D eigenvalue weighted by molar-refractivity contribution is 6.30. The molecule has 0 N–H and O–H groups in total. The van der Waals surface area contributed by atoms with Gasteiger partial charge in [0, 0.05) is 36.1 Å². The van der Waals surface area contributed by atoms with Gasteiger partial charge in [0.05, 0.1) is 12.1 Å². The molecule has 3 rings (SSSR count). The van der Waals surface area contributed by atoms with Crippen LogP contribution in [0.15, 0.2) is 73.6 Å². The van der Waals surface area contributed by atoms with E-state index in [1.807, 2.05) is 0 Å². The van der Waals surface area contributed by atoms with Gasteiger partial charge in [0.2, 0.25) is 0 Å². The van der Waals surface area contributed by atoms with E-state index in [1.54, 1.807) is 58.3 Å². The fraction of sp³-hybridized carbons (Fsp3) is 0.182. The van der Waals surface area contributed by atoms with Crippen molar-refractivity contribution in [3.8, 4) is 0 Å². The van der Waals surface area contributed by atoms with Gasteiger partial charge in [0.25, 0.3) is 5.91 Å². The molecule has 1 aromatic heterocycles. The number of hydrogen-bond acceptors (Lipinski definition) is 2. The van der Waals surface area contributed by atoms with Gasteiger partial charge in [-0.2, -0.15) is 13.2 Å². The Morgan fingerprint density at radius 3 is 2.60 bits per heavy atom. The van der Waals surface area contributed by atoms with E-state index < -0.39 is 11.7 Å². The number of alkyl halides is 3. The molecule has 0 bridgehead atoms. The SMILES string of the molecule is C=CCN(Cc1nccn1Cc1cccc(C(F)(F)F)c1)C(=O)c1ccc(Cl)cc1. The standard InChI is InChI=1S/C22H19ClF3N3O/c1-2-11-29(21(30)17-6-8-19(23)9-7-17)15-20-27-10-12-28(20)14-16-4-3-5-18(13-16)22(24,25)26/h2-10,12-13H,1,11,14-15H2. The highest BCUT2D eigenvalue weighted by Gasteiger charge is 2.30. The quantitative estimate of drug-likeness (QED) is 0.466. The fourth-order valence-corrected chi connectivity index (χ4v) is 3.13. The van der Waals surface area contributed by atoms with Crippen molar-refractivity contribution in [2.45, 2.75) is 19.3 Å². The Hall–Kier alpha value is -3.06. The largest absolute Gasteiger partial charge is 0.416 e. The number of nitrogens with zero attached hydrogens (tertiary/aromatic N) is 3. The Bertz CT molecular complexity index is 1030. The molecule has 0 saturated heterocycles. The number of carbonyl (C=O) groups excluding carboxylic acids is 1. The third-order valence-electron chi connectivity index (χ3n) is 4.47. The molecule has 30 heavy (non-hydrogen) atoms. The molecule has 4 nitrogen and oxygen atoms in total. The van der Waals surface area contributed by atoms with E-state index in [9.17, 15) is 18.0 Å². The Morgan fingerprint density at radius 1 is 1.20 bits per heavy atom. The Labute approximate surface area is 177 Å². The number of imidazole rings is 1. The predicted octanol–water partition coefficient (Wildman–Crippen LogP) is 5.43. The zero-order chi connectivity index (χ0) is 21.7. The second-order valence-electron chi connectivity index (χ2n) is 6.65. The van der Waals surface area contributed by atoms with E-state index in [0.29, 0.717) is 22.0 Å². The van der Waals surface area contributed by atoms with Crippen LogP contribution in [0.25, 0.3) is 0 Å². The van der Waals surface area contributed by atoms with Crippen molar-refractivity contribution in [1.29, 1.82) is 0 Å². The molecule has 0 unspecified atom stereocenters. The average molecular weight is 434 g/mol. The first-order chi connectivity index (χ1) is 14.3. The molecule has 0 aliphatic carbocycles. The molecule has 156 valence electrons. The van der Waals surface area contributed by atoms with Crippen LogP contribution in [-0.4, -0.2) is 26.9 Å². The number of amides is 1.